The van der Waals surface area contributed by atoms with Crippen LogP contribution in [0, 0.1) is 0 Å². The van der Waals surface area contributed by atoms with Crippen LogP contribution in [0.15, 0.2) is 35.7 Å². The molecule has 1 aromatic carbocycles. The SMILES string of the molecule is CCn1cc2c(Oc3cnc(N=CN(C)C)cn3)cc(C(=O)O)cc2n1. The summed E-state index contributed by atoms with van der Waals surface area (Å²) in [5, 5.41) is 14.3. The molecule has 9 nitrogen and oxygen atoms in total. The van der Waals surface area contributed by atoms with Crippen LogP contribution in [-0.4, -0.2) is 56.2 Å². The van der Waals surface area contributed by atoms with E-state index in [9.17, 15) is 9.90 Å². The Morgan fingerprint density at radius 3 is 2.77 bits per heavy atom. The molecule has 3 rings (SSSR count). The van der Waals surface area contributed by atoms with Crippen LogP contribution in [0.2, 0.25) is 0 Å². The Balaban J connectivity index is 1.94. The molecule has 0 fully saturated rings. The van der Waals surface area contributed by atoms with Crippen molar-refractivity contribution in [3.05, 3.63) is 36.3 Å². The van der Waals surface area contributed by atoms with Gasteiger partial charge >= 0.3 is 5.97 Å². The molecule has 26 heavy (non-hydrogen) atoms. The average molecular weight is 354 g/mol. The average Bonchev–Trinajstić information content (AvgIpc) is 3.04. The van der Waals surface area contributed by atoms with Gasteiger partial charge in [0.25, 0.3) is 0 Å². The highest BCUT2D eigenvalue weighted by molar-refractivity contribution is 5.96. The number of ether oxygens (including phenoxy) is 1. The number of aliphatic imine (C=N–C) groups is 1. The molecule has 0 amide bonds. The number of aromatic nitrogens is 4. The molecule has 2 aromatic heterocycles. The molecule has 0 unspecified atom stereocenters. The fraction of sp³-hybridized carbons (Fsp3) is 0.235. The van der Waals surface area contributed by atoms with Crippen LogP contribution in [0.3, 0.4) is 0 Å². The Morgan fingerprint density at radius 1 is 1.35 bits per heavy atom. The van der Waals surface area contributed by atoms with Gasteiger partial charge in [0, 0.05) is 26.8 Å². The van der Waals surface area contributed by atoms with Gasteiger partial charge in [-0.25, -0.2) is 19.8 Å². The van der Waals surface area contributed by atoms with E-state index in [1.165, 1.54) is 24.5 Å². The van der Waals surface area contributed by atoms with Crippen molar-refractivity contribution in [1.82, 2.24) is 24.6 Å². The Labute approximate surface area is 149 Å². The van der Waals surface area contributed by atoms with E-state index in [2.05, 4.69) is 20.1 Å². The van der Waals surface area contributed by atoms with Crippen molar-refractivity contribution < 1.29 is 14.6 Å². The molecule has 0 aliphatic rings. The van der Waals surface area contributed by atoms with Crippen molar-refractivity contribution in [2.75, 3.05) is 14.1 Å². The van der Waals surface area contributed by atoms with Crippen molar-refractivity contribution in [3.63, 3.8) is 0 Å². The molecule has 0 saturated heterocycles. The molecular weight excluding hydrogens is 336 g/mol. The number of hydrogen-bond acceptors (Lipinski definition) is 6. The fourth-order valence-electron chi connectivity index (χ4n) is 2.23. The molecule has 0 saturated carbocycles. The molecule has 0 aliphatic heterocycles. The smallest absolute Gasteiger partial charge is 0.335 e. The minimum atomic E-state index is -1.05. The molecule has 0 bridgehead atoms. The minimum absolute atomic E-state index is 0.0917. The fourth-order valence-corrected chi connectivity index (χ4v) is 2.23. The van der Waals surface area contributed by atoms with Crippen LogP contribution in [0.25, 0.3) is 10.9 Å². The van der Waals surface area contributed by atoms with Gasteiger partial charge in [0.05, 0.1) is 35.2 Å². The zero-order chi connectivity index (χ0) is 18.7. The maximum absolute atomic E-state index is 11.4. The quantitative estimate of drug-likeness (QED) is 0.535. The second kappa shape index (κ2) is 7.18. The van der Waals surface area contributed by atoms with Gasteiger partial charge in [0.2, 0.25) is 5.88 Å². The van der Waals surface area contributed by atoms with Crippen molar-refractivity contribution in [3.8, 4) is 11.6 Å². The molecule has 1 N–H and O–H groups in total. The van der Waals surface area contributed by atoms with Crippen LogP contribution < -0.4 is 4.74 Å². The van der Waals surface area contributed by atoms with E-state index >= 15 is 0 Å². The van der Waals surface area contributed by atoms with Crippen molar-refractivity contribution >= 4 is 29.0 Å². The summed E-state index contributed by atoms with van der Waals surface area (Å²) in [6, 6.07) is 2.97. The first-order valence-electron chi connectivity index (χ1n) is 7.91. The zero-order valence-corrected chi connectivity index (χ0v) is 14.6. The molecule has 0 aliphatic carbocycles. The van der Waals surface area contributed by atoms with Gasteiger partial charge < -0.3 is 14.7 Å². The third-order valence-corrected chi connectivity index (χ3v) is 3.46. The van der Waals surface area contributed by atoms with Crippen LogP contribution in [0.5, 0.6) is 11.6 Å². The lowest BCUT2D eigenvalue weighted by Gasteiger charge is -2.07. The highest BCUT2D eigenvalue weighted by atomic mass is 16.5. The number of aryl methyl sites for hydroxylation is 1. The predicted octanol–water partition coefficient (Wildman–Crippen LogP) is 2.56. The van der Waals surface area contributed by atoms with E-state index in [0.29, 0.717) is 29.0 Å². The Morgan fingerprint density at radius 2 is 2.15 bits per heavy atom. The van der Waals surface area contributed by atoms with Gasteiger partial charge in [0.15, 0.2) is 5.82 Å². The zero-order valence-electron chi connectivity index (χ0n) is 14.6. The van der Waals surface area contributed by atoms with Crippen LogP contribution in [0.4, 0.5) is 5.82 Å². The summed E-state index contributed by atoms with van der Waals surface area (Å²) in [7, 11) is 3.71. The van der Waals surface area contributed by atoms with Gasteiger partial charge in [-0.15, -0.1) is 0 Å². The highest BCUT2D eigenvalue weighted by Crippen LogP contribution is 2.30. The van der Waals surface area contributed by atoms with Crippen molar-refractivity contribution in [1.29, 1.82) is 0 Å². The Bertz CT molecular complexity index is 963. The lowest BCUT2D eigenvalue weighted by molar-refractivity contribution is 0.0696. The van der Waals surface area contributed by atoms with Gasteiger partial charge in [-0.1, -0.05) is 0 Å². The van der Waals surface area contributed by atoms with Crippen molar-refractivity contribution in [2.45, 2.75) is 13.5 Å². The summed E-state index contributed by atoms with van der Waals surface area (Å²) in [6.07, 6.45) is 6.33. The van der Waals surface area contributed by atoms with Crippen LogP contribution in [-0.2, 0) is 6.54 Å². The van der Waals surface area contributed by atoms with Crippen LogP contribution in [0.1, 0.15) is 17.3 Å². The molecule has 0 spiro atoms. The number of aromatic carboxylic acids is 1. The lowest BCUT2D eigenvalue weighted by Crippen LogP contribution is -2.07. The number of rotatable bonds is 6. The second-order valence-corrected chi connectivity index (χ2v) is 5.72. The Hall–Kier alpha value is -3.49. The number of carbonyl (C=O) groups is 1. The third-order valence-electron chi connectivity index (χ3n) is 3.46. The molecule has 0 atom stereocenters. The lowest BCUT2D eigenvalue weighted by atomic mass is 10.1. The van der Waals surface area contributed by atoms with Gasteiger partial charge in [-0.05, 0) is 19.1 Å². The van der Waals surface area contributed by atoms with Gasteiger partial charge in [0.1, 0.15) is 5.75 Å². The summed E-state index contributed by atoms with van der Waals surface area (Å²) < 4.78 is 7.48. The summed E-state index contributed by atoms with van der Waals surface area (Å²) in [4.78, 5) is 25.6. The van der Waals surface area contributed by atoms with Crippen LogP contribution >= 0.6 is 0 Å². The first-order chi connectivity index (χ1) is 12.5. The van der Waals surface area contributed by atoms with E-state index in [1.807, 2.05) is 21.0 Å². The van der Waals surface area contributed by atoms with E-state index < -0.39 is 5.97 Å². The predicted molar refractivity (Wildman–Crippen MR) is 96.3 cm³/mol. The summed E-state index contributed by atoms with van der Waals surface area (Å²) >= 11 is 0. The first kappa shape index (κ1) is 17.3. The number of carboxylic acids is 1. The molecular formula is C17H18N6O3. The van der Waals surface area contributed by atoms with Gasteiger partial charge in [-0.2, -0.15) is 5.10 Å². The molecule has 2 heterocycles. The van der Waals surface area contributed by atoms with E-state index in [1.54, 1.807) is 22.1 Å². The topological polar surface area (TPSA) is 106 Å². The maximum atomic E-state index is 11.4. The van der Waals surface area contributed by atoms with E-state index in [-0.39, 0.29) is 11.4 Å². The standard InChI is InChI=1S/C17H18N6O3/c1-4-23-9-12-13(21-23)5-11(17(24)25)6-14(12)26-16-8-18-15(7-19-16)20-10-22(2)3/h5-10H,4H2,1-3H3,(H,24,25). The van der Waals surface area contributed by atoms with Gasteiger partial charge in [-0.3, -0.25) is 4.68 Å². The van der Waals surface area contributed by atoms with E-state index in [4.69, 9.17) is 4.74 Å². The van der Waals surface area contributed by atoms with E-state index in [0.717, 1.165) is 0 Å². The Kier molecular flexibility index (Phi) is 4.78. The molecule has 134 valence electrons. The molecule has 9 heteroatoms. The first-order valence-corrected chi connectivity index (χ1v) is 7.91. The third kappa shape index (κ3) is 3.77. The van der Waals surface area contributed by atoms with Crippen molar-refractivity contribution in [2.24, 2.45) is 4.99 Å². The summed E-state index contributed by atoms with van der Waals surface area (Å²) in [5.74, 6) is -0.0168. The number of hydrogen-bond donors (Lipinski definition) is 1. The number of carboxylic acid groups (broad SMARTS) is 1. The second-order valence-electron chi connectivity index (χ2n) is 5.72. The molecule has 0 radical (unpaired) electrons. The number of benzene rings is 1. The summed E-state index contributed by atoms with van der Waals surface area (Å²) in [6.45, 7) is 2.61. The minimum Gasteiger partial charge on any atom is -0.478 e. The number of fused-ring (bicyclic) bond motifs is 1. The highest BCUT2D eigenvalue weighted by Gasteiger charge is 2.14. The molecule has 3 aromatic rings. The largest absolute Gasteiger partial charge is 0.478 e. The monoisotopic (exact) mass is 354 g/mol. The summed E-state index contributed by atoms with van der Waals surface area (Å²) in [5.41, 5.74) is 0.635. The normalized spacial score (nSPS) is 11.2. The number of nitrogens with zero attached hydrogens (tertiary/aromatic N) is 6. The maximum Gasteiger partial charge on any atom is 0.335 e.